The SMILES string of the molecule is CN1CCN(c2ccc(NC(=O)COc3ccccc3)cc2)CC1. The van der Waals surface area contributed by atoms with Gasteiger partial charge in [-0.05, 0) is 43.4 Å². The van der Waals surface area contributed by atoms with Crippen molar-refractivity contribution in [1.29, 1.82) is 0 Å². The summed E-state index contributed by atoms with van der Waals surface area (Å²) in [6.45, 7) is 4.23. The van der Waals surface area contributed by atoms with E-state index in [9.17, 15) is 4.79 Å². The van der Waals surface area contributed by atoms with E-state index in [1.54, 1.807) is 0 Å². The van der Waals surface area contributed by atoms with Crippen LogP contribution in [0.5, 0.6) is 5.75 Å². The van der Waals surface area contributed by atoms with E-state index < -0.39 is 0 Å². The van der Waals surface area contributed by atoms with Gasteiger partial charge in [0.25, 0.3) is 5.91 Å². The lowest BCUT2D eigenvalue weighted by Gasteiger charge is -2.34. The van der Waals surface area contributed by atoms with Crippen LogP contribution in [-0.2, 0) is 4.79 Å². The highest BCUT2D eigenvalue weighted by Crippen LogP contribution is 2.19. The molecule has 24 heavy (non-hydrogen) atoms. The molecule has 1 fully saturated rings. The molecule has 3 rings (SSSR count). The first-order chi connectivity index (χ1) is 11.7. The molecule has 1 aliphatic heterocycles. The molecule has 0 atom stereocenters. The summed E-state index contributed by atoms with van der Waals surface area (Å²) in [5.74, 6) is 0.532. The van der Waals surface area contributed by atoms with Crippen LogP contribution in [0.2, 0.25) is 0 Å². The predicted molar refractivity (Wildman–Crippen MR) is 96.7 cm³/mol. The third-order valence-electron chi connectivity index (χ3n) is 4.13. The zero-order chi connectivity index (χ0) is 16.8. The minimum absolute atomic E-state index is 0.00419. The van der Waals surface area contributed by atoms with E-state index in [-0.39, 0.29) is 12.5 Å². The van der Waals surface area contributed by atoms with Gasteiger partial charge >= 0.3 is 0 Å². The number of ether oxygens (including phenoxy) is 1. The monoisotopic (exact) mass is 325 g/mol. The van der Waals surface area contributed by atoms with Crippen LogP contribution >= 0.6 is 0 Å². The molecule has 2 aromatic rings. The number of piperazine rings is 1. The maximum atomic E-state index is 12.0. The lowest BCUT2D eigenvalue weighted by atomic mass is 10.2. The summed E-state index contributed by atoms with van der Waals surface area (Å²) in [5.41, 5.74) is 1.98. The predicted octanol–water partition coefficient (Wildman–Crippen LogP) is 2.46. The van der Waals surface area contributed by atoms with Gasteiger partial charge in [-0.25, -0.2) is 0 Å². The molecule has 2 aromatic carbocycles. The van der Waals surface area contributed by atoms with Gasteiger partial charge in [-0.2, -0.15) is 0 Å². The summed E-state index contributed by atoms with van der Waals surface area (Å²) in [4.78, 5) is 16.7. The summed E-state index contributed by atoms with van der Waals surface area (Å²) < 4.78 is 5.44. The number of nitrogens with zero attached hydrogens (tertiary/aromatic N) is 2. The standard InChI is InChI=1S/C19H23N3O2/c1-21-11-13-22(14-12-21)17-9-7-16(8-10-17)20-19(23)15-24-18-5-3-2-4-6-18/h2-10H,11-15H2,1H3,(H,20,23). The highest BCUT2D eigenvalue weighted by atomic mass is 16.5. The minimum Gasteiger partial charge on any atom is -0.484 e. The molecule has 1 amide bonds. The molecule has 0 radical (unpaired) electrons. The highest BCUT2D eigenvalue weighted by molar-refractivity contribution is 5.92. The summed E-state index contributed by atoms with van der Waals surface area (Å²) in [6.07, 6.45) is 0. The number of carbonyl (C=O) groups excluding carboxylic acids is 1. The van der Waals surface area contributed by atoms with Crippen molar-refractivity contribution in [3.05, 3.63) is 54.6 Å². The molecule has 0 unspecified atom stereocenters. The fraction of sp³-hybridized carbons (Fsp3) is 0.316. The smallest absolute Gasteiger partial charge is 0.262 e. The summed E-state index contributed by atoms with van der Waals surface area (Å²) >= 11 is 0. The molecule has 0 aliphatic carbocycles. The number of hydrogen-bond acceptors (Lipinski definition) is 4. The van der Waals surface area contributed by atoms with Crippen LogP contribution in [0.15, 0.2) is 54.6 Å². The molecule has 1 saturated heterocycles. The Morgan fingerprint density at radius 2 is 1.67 bits per heavy atom. The Hall–Kier alpha value is -2.53. The number of benzene rings is 2. The molecular weight excluding hydrogens is 302 g/mol. The molecule has 5 heteroatoms. The second kappa shape index (κ2) is 7.84. The van der Waals surface area contributed by atoms with Gasteiger partial charge in [0.05, 0.1) is 0 Å². The van der Waals surface area contributed by atoms with Crippen LogP contribution in [0.3, 0.4) is 0 Å². The first kappa shape index (κ1) is 16.3. The number of nitrogens with one attached hydrogen (secondary N) is 1. The van der Waals surface area contributed by atoms with Gasteiger partial charge in [-0.3, -0.25) is 4.79 Å². The zero-order valence-electron chi connectivity index (χ0n) is 13.9. The van der Waals surface area contributed by atoms with Crippen LogP contribution in [0.1, 0.15) is 0 Å². The fourth-order valence-corrected chi connectivity index (χ4v) is 2.68. The van der Waals surface area contributed by atoms with Crippen LogP contribution in [0.25, 0.3) is 0 Å². The van der Waals surface area contributed by atoms with Crippen molar-refractivity contribution < 1.29 is 9.53 Å². The van der Waals surface area contributed by atoms with E-state index in [4.69, 9.17) is 4.74 Å². The van der Waals surface area contributed by atoms with E-state index in [0.29, 0.717) is 5.75 Å². The number of likely N-dealkylation sites (N-methyl/N-ethyl adjacent to an activating group) is 1. The normalized spacial score (nSPS) is 15.1. The average Bonchev–Trinajstić information content (AvgIpc) is 2.62. The fourth-order valence-electron chi connectivity index (χ4n) is 2.68. The summed E-state index contributed by atoms with van der Waals surface area (Å²) in [6, 6.07) is 17.3. The molecule has 0 spiro atoms. The maximum absolute atomic E-state index is 12.0. The lowest BCUT2D eigenvalue weighted by molar-refractivity contribution is -0.118. The first-order valence-electron chi connectivity index (χ1n) is 8.22. The number of hydrogen-bond donors (Lipinski definition) is 1. The largest absolute Gasteiger partial charge is 0.484 e. The van der Waals surface area contributed by atoms with Crippen molar-refractivity contribution in [2.45, 2.75) is 0 Å². The number of rotatable bonds is 5. The van der Waals surface area contributed by atoms with Gasteiger partial charge in [-0.15, -0.1) is 0 Å². The number of carbonyl (C=O) groups is 1. The molecule has 0 bridgehead atoms. The van der Waals surface area contributed by atoms with Gasteiger partial charge < -0.3 is 19.9 Å². The molecule has 0 aromatic heterocycles. The minimum atomic E-state index is -0.161. The number of para-hydroxylation sites is 1. The summed E-state index contributed by atoms with van der Waals surface area (Å²) in [7, 11) is 2.15. The lowest BCUT2D eigenvalue weighted by Crippen LogP contribution is -2.44. The molecule has 1 aliphatic rings. The second-order valence-corrected chi connectivity index (χ2v) is 5.99. The van der Waals surface area contributed by atoms with Crippen molar-refractivity contribution in [2.75, 3.05) is 50.1 Å². The topological polar surface area (TPSA) is 44.8 Å². The Kier molecular flexibility index (Phi) is 5.33. The van der Waals surface area contributed by atoms with Gasteiger partial charge in [0.2, 0.25) is 0 Å². The van der Waals surface area contributed by atoms with E-state index in [1.807, 2.05) is 42.5 Å². The van der Waals surface area contributed by atoms with Crippen LogP contribution in [-0.4, -0.2) is 50.6 Å². The molecule has 1 N–H and O–H groups in total. The molecule has 0 saturated carbocycles. The summed E-state index contributed by atoms with van der Waals surface area (Å²) in [5, 5.41) is 2.86. The van der Waals surface area contributed by atoms with Gasteiger partial charge in [-0.1, -0.05) is 18.2 Å². The average molecular weight is 325 g/mol. The van der Waals surface area contributed by atoms with Gasteiger partial charge in [0.1, 0.15) is 5.75 Å². The Balaban J connectivity index is 1.49. The van der Waals surface area contributed by atoms with E-state index >= 15 is 0 Å². The van der Waals surface area contributed by atoms with Crippen molar-refractivity contribution in [2.24, 2.45) is 0 Å². The Labute approximate surface area is 142 Å². The zero-order valence-corrected chi connectivity index (χ0v) is 13.9. The van der Waals surface area contributed by atoms with Crippen molar-refractivity contribution in [3.63, 3.8) is 0 Å². The van der Waals surface area contributed by atoms with Crippen molar-refractivity contribution in [1.82, 2.24) is 4.90 Å². The Morgan fingerprint density at radius 3 is 2.33 bits per heavy atom. The third-order valence-corrected chi connectivity index (χ3v) is 4.13. The van der Waals surface area contributed by atoms with E-state index in [2.05, 4.69) is 34.3 Å². The van der Waals surface area contributed by atoms with Crippen LogP contribution in [0.4, 0.5) is 11.4 Å². The van der Waals surface area contributed by atoms with Crippen molar-refractivity contribution >= 4 is 17.3 Å². The molecule has 5 nitrogen and oxygen atoms in total. The van der Waals surface area contributed by atoms with E-state index in [0.717, 1.165) is 31.9 Å². The molecular formula is C19H23N3O2. The van der Waals surface area contributed by atoms with Gasteiger partial charge in [0.15, 0.2) is 6.61 Å². The van der Waals surface area contributed by atoms with Crippen LogP contribution < -0.4 is 15.0 Å². The molecule has 126 valence electrons. The number of amides is 1. The van der Waals surface area contributed by atoms with E-state index in [1.165, 1.54) is 5.69 Å². The van der Waals surface area contributed by atoms with Crippen molar-refractivity contribution in [3.8, 4) is 5.75 Å². The quantitative estimate of drug-likeness (QED) is 0.917. The molecule has 1 heterocycles. The Morgan fingerprint density at radius 1 is 1.00 bits per heavy atom. The first-order valence-corrected chi connectivity index (χ1v) is 8.22. The highest BCUT2D eigenvalue weighted by Gasteiger charge is 2.14. The Bertz CT molecular complexity index is 650. The van der Waals surface area contributed by atoms with Crippen LogP contribution in [0, 0.1) is 0 Å². The van der Waals surface area contributed by atoms with Gasteiger partial charge in [0, 0.05) is 37.6 Å². The second-order valence-electron chi connectivity index (χ2n) is 5.99. The third kappa shape index (κ3) is 4.49. The maximum Gasteiger partial charge on any atom is 0.262 e. The number of anilines is 2.